The van der Waals surface area contributed by atoms with Crippen LogP contribution < -0.4 is 10.6 Å². The van der Waals surface area contributed by atoms with Crippen molar-refractivity contribution in [1.29, 1.82) is 0 Å². The van der Waals surface area contributed by atoms with Crippen LogP contribution in [-0.4, -0.2) is 44.6 Å². The van der Waals surface area contributed by atoms with Gasteiger partial charge in [-0.05, 0) is 41.8 Å². The Morgan fingerprint density at radius 3 is 2.84 bits per heavy atom. The molecule has 1 unspecified atom stereocenters. The van der Waals surface area contributed by atoms with E-state index in [4.69, 9.17) is 4.74 Å². The van der Waals surface area contributed by atoms with Crippen molar-refractivity contribution in [3.8, 4) is 0 Å². The highest BCUT2D eigenvalue weighted by molar-refractivity contribution is 7.08. The smallest absolute Gasteiger partial charge is 0.335 e. The summed E-state index contributed by atoms with van der Waals surface area (Å²) in [5.41, 5.74) is 2.93. The number of hydrogen-bond donors (Lipinski definition) is 4. The van der Waals surface area contributed by atoms with Crippen molar-refractivity contribution in [3.63, 3.8) is 0 Å². The Labute approximate surface area is 182 Å². The lowest BCUT2D eigenvalue weighted by Gasteiger charge is -2.35. The first-order valence-corrected chi connectivity index (χ1v) is 10.7. The molecule has 10 heteroatoms. The number of rotatable bonds is 6. The van der Waals surface area contributed by atoms with Crippen LogP contribution in [0.3, 0.4) is 0 Å². The fourth-order valence-corrected chi connectivity index (χ4v) is 4.57. The van der Waals surface area contributed by atoms with E-state index >= 15 is 0 Å². The molecular formula is C21H22N4O5S. The molecule has 0 spiro atoms. The van der Waals surface area contributed by atoms with Crippen LogP contribution in [0.2, 0.25) is 0 Å². The summed E-state index contributed by atoms with van der Waals surface area (Å²) >= 11 is 1.52. The lowest BCUT2D eigenvalue weighted by Crippen LogP contribution is -2.50. The van der Waals surface area contributed by atoms with Crippen LogP contribution in [0, 0.1) is 5.92 Å². The van der Waals surface area contributed by atoms with Gasteiger partial charge in [0.1, 0.15) is 0 Å². The summed E-state index contributed by atoms with van der Waals surface area (Å²) in [5, 5.41) is 33.9. The Kier molecular flexibility index (Phi) is 5.55. The highest BCUT2D eigenvalue weighted by Gasteiger charge is 2.38. The zero-order chi connectivity index (χ0) is 22.1. The summed E-state index contributed by atoms with van der Waals surface area (Å²) in [5.74, 6) is -1.94. The summed E-state index contributed by atoms with van der Waals surface area (Å²) in [7, 11) is 1.79. The molecule has 3 heterocycles. The molecule has 1 aliphatic carbocycles. The first-order chi connectivity index (χ1) is 14.9. The van der Waals surface area contributed by atoms with E-state index in [0.29, 0.717) is 5.70 Å². The van der Waals surface area contributed by atoms with Gasteiger partial charge >= 0.3 is 12.0 Å². The molecule has 2 aliphatic rings. The molecule has 0 fully saturated rings. The molecular weight excluding hydrogens is 420 g/mol. The maximum Gasteiger partial charge on any atom is 0.335 e. The number of thiophene rings is 1. The number of aromatic nitrogens is 2. The Morgan fingerprint density at radius 1 is 1.42 bits per heavy atom. The fraction of sp³-hybridized carbons (Fsp3) is 0.286. The molecule has 0 bridgehead atoms. The van der Waals surface area contributed by atoms with E-state index in [9.17, 15) is 19.8 Å². The molecule has 2 atom stereocenters. The molecule has 2 amide bonds. The molecule has 0 aromatic carbocycles. The lowest BCUT2D eigenvalue weighted by molar-refractivity contribution is -0.133. The average molecular weight is 442 g/mol. The summed E-state index contributed by atoms with van der Waals surface area (Å²) < 4.78 is 7.14. The number of carbonyl (C=O) groups excluding carboxylic acids is 1. The van der Waals surface area contributed by atoms with Crippen LogP contribution >= 0.6 is 11.3 Å². The number of aliphatic hydroxyl groups is 1. The molecule has 0 saturated carbocycles. The fourth-order valence-electron chi connectivity index (χ4n) is 3.91. The van der Waals surface area contributed by atoms with E-state index in [2.05, 4.69) is 15.7 Å². The number of urea groups is 1. The molecule has 162 valence electrons. The summed E-state index contributed by atoms with van der Waals surface area (Å²) in [6, 6.07) is 1.01. The van der Waals surface area contributed by atoms with Gasteiger partial charge in [-0.3, -0.25) is 4.68 Å². The van der Waals surface area contributed by atoms with Gasteiger partial charge in [0.2, 0.25) is 0 Å². The third kappa shape index (κ3) is 3.93. The SMILES string of the molecule is CCOC1=CC([C@@H]2NC(=O)NC(c3cnn(C)c3)=C2c2ccsc2)CC(C(=O)O)=C1O. The zero-order valence-electron chi connectivity index (χ0n) is 17.0. The van der Waals surface area contributed by atoms with Gasteiger partial charge in [0.25, 0.3) is 0 Å². The molecule has 2 aromatic heterocycles. The van der Waals surface area contributed by atoms with Crippen molar-refractivity contribution in [2.24, 2.45) is 13.0 Å². The number of nitrogens with zero attached hydrogens (tertiary/aromatic N) is 2. The predicted molar refractivity (Wildman–Crippen MR) is 115 cm³/mol. The van der Waals surface area contributed by atoms with Crippen molar-refractivity contribution in [2.45, 2.75) is 19.4 Å². The molecule has 0 radical (unpaired) electrons. The van der Waals surface area contributed by atoms with Crippen LogP contribution in [0.25, 0.3) is 11.3 Å². The van der Waals surface area contributed by atoms with Gasteiger partial charge in [0.05, 0.1) is 30.1 Å². The van der Waals surface area contributed by atoms with Crippen LogP contribution in [0.4, 0.5) is 4.79 Å². The summed E-state index contributed by atoms with van der Waals surface area (Å²) in [6.07, 6.45) is 5.20. The van der Waals surface area contributed by atoms with E-state index in [1.807, 2.05) is 16.8 Å². The number of ether oxygens (including phenoxy) is 1. The van der Waals surface area contributed by atoms with E-state index in [0.717, 1.165) is 16.7 Å². The Balaban J connectivity index is 1.86. The van der Waals surface area contributed by atoms with Crippen molar-refractivity contribution < 1.29 is 24.5 Å². The number of hydrogen-bond acceptors (Lipinski definition) is 6. The monoisotopic (exact) mass is 442 g/mol. The van der Waals surface area contributed by atoms with Gasteiger partial charge in [0.15, 0.2) is 11.5 Å². The topological polar surface area (TPSA) is 126 Å². The maximum atomic E-state index is 12.6. The van der Waals surface area contributed by atoms with E-state index < -0.39 is 24.0 Å². The van der Waals surface area contributed by atoms with Gasteiger partial charge in [-0.15, -0.1) is 0 Å². The van der Waals surface area contributed by atoms with Gasteiger partial charge < -0.3 is 25.6 Å². The van der Waals surface area contributed by atoms with Crippen LogP contribution in [0.5, 0.6) is 0 Å². The largest absolute Gasteiger partial charge is 0.504 e. The van der Waals surface area contributed by atoms with Crippen LogP contribution in [-0.2, 0) is 16.6 Å². The van der Waals surface area contributed by atoms with E-state index in [1.165, 1.54) is 11.3 Å². The quantitative estimate of drug-likeness (QED) is 0.545. The van der Waals surface area contributed by atoms with Crippen LogP contribution in [0.15, 0.2) is 52.4 Å². The van der Waals surface area contributed by atoms with E-state index in [1.54, 1.807) is 37.1 Å². The highest BCUT2D eigenvalue weighted by Crippen LogP contribution is 2.39. The van der Waals surface area contributed by atoms with Crippen molar-refractivity contribution in [3.05, 3.63) is 63.5 Å². The van der Waals surface area contributed by atoms with Crippen molar-refractivity contribution in [1.82, 2.24) is 20.4 Å². The minimum Gasteiger partial charge on any atom is -0.504 e. The van der Waals surface area contributed by atoms with E-state index in [-0.39, 0.29) is 30.1 Å². The van der Waals surface area contributed by atoms with Gasteiger partial charge in [0, 0.05) is 30.3 Å². The van der Waals surface area contributed by atoms with Crippen molar-refractivity contribution in [2.75, 3.05) is 6.61 Å². The normalized spacial score (nSPS) is 21.5. The van der Waals surface area contributed by atoms with Gasteiger partial charge in [-0.25, -0.2) is 9.59 Å². The number of aliphatic hydroxyl groups excluding tert-OH is 1. The number of aryl methyl sites for hydroxylation is 1. The molecule has 1 aliphatic heterocycles. The van der Waals surface area contributed by atoms with Gasteiger partial charge in [-0.2, -0.15) is 16.4 Å². The Morgan fingerprint density at radius 2 is 2.23 bits per heavy atom. The Bertz CT molecular complexity index is 1110. The van der Waals surface area contributed by atoms with Crippen molar-refractivity contribution >= 4 is 34.6 Å². The number of carboxylic acid groups (broad SMARTS) is 1. The first-order valence-electron chi connectivity index (χ1n) is 9.72. The second-order valence-electron chi connectivity index (χ2n) is 7.24. The molecule has 4 N–H and O–H groups in total. The Hall–Kier alpha value is -3.53. The molecule has 31 heavy (non-hydrogen) atoms. The predicted octanol–water partition coefficient (Wildman–Crippen LogP) is 2.87. The number of carbonyl (C=O) groups is 2. The zero-order valence-corrected chi connectivity index (χ0v) is 17.8. The first kappa shape index (κ1) is 20.7. The number of carboxylic acids is 1. The molecule has 2 aromatic rings. The number of nitrogens with one attached hydrogen (secondary N) is 2. The lowest BCUT2D eigenvalue weighted by atomic mass is 9.80. The second-order valence-corrected chi connectivity index (χ2v) is 8.02. The standard InChI is InChI=1S/C21H22N4O5S/c1-3-30-15-7-12(6-14(19(15)26)20(27)28)17-16(11-4-5-31-10-11)18(24-21(29)23-17)13-8-22-25(2)9-13/h4-5,7-10,12,17,26H,3,6H2,1-2H3,(H,27,28)(H2,23,24,29)/t12?,17-/m0/s1. The summed E-state index contributed by atoms with van der Waals surface area (Å²) in [4.78, 5) is 24.4. The minimum absolute atomic E-state index is 0.0383. The summed E-state index contributed by atoms with van der Waals surface area (Å²) in [6.45, 7) is 2.02. The number of aliphatic carboxylic acids is 1. The molecule has 9 nitrogen and oxygen atoms in total. The molecule has 4 rings (SSSR count). The highest BCUT2D eigenvalue weighted by atomic mass is 32.1. The second kappa shape index (κ2) is 8.31. The van der Waals surface area contributed by atoms with Crippen LogP contribution in [0.1, 0.15) is 24.5 Å². The minimum atomic E-state index is -1.22. The average Bonchev–Trinajstić information content (AvgIpc) is 3.40. The van der Waals surface area contributed by atoms with Gasteiger partial charge in [-0.1, -0.05) is 0 Å². The maximum absolute atomic E-state index is 12.6. The third-order valence-electron chi connectivity index (χ3n) is 5.24. The third-order valence-corrected chi connectivity index (χ3v) is 5.93. The molecule has 0 saturated heterocycles. The number of amides is 2.